The highest BCUT2D eigenvalue weighted by Gasteiger charge is 2.34. The molecular weight excluding hydrogens is 354 g/mol. The maximum atomic E-state index is 13.1. The summed E-state index contributed by atoms with van der Waals surface area (Å²) in [6.45, 7) is 8.06. The van der Waals surface area contributed by atoms with Crippen LogP contribution in [0.2, 0.25) is 0 Å². The molecule has 2 amide bonds. The van der Waals surface area contributed by atoms with Crippen LogP contribution >= 0.6 is 11.3 Å². The number of nitrogens with one attached hydrogen (secondary N) is 1. The Kier molecular flexibility index (Phi) is 5.31. The van der Waals surface area contributed by atoms with E-state index in [1.54, 1.807) is 4.88 Å². The SMILES string of the molecule is CC[C@H]1c2cccn2-c2sc3c(c2CN1C(=O)NCCC(C)C)CCCC3. The predicted molar refractivity (Wildman–Crippen MR) is 112 cm³/mol. The molecule has 1 aliphatic carbocycles. The first kappa shape index (κ1) is 18.6. The van der Waals surface area contributed by atoms with Gasteiger partial charge in [0.2, 0.25) is 0 Å². The molecule has 146 valence electrons. The standard InChI is InChI=1S/C22H31N3OS/c1-4-18-19-9-7-13-24(19)21-17(16-8-5-6-10-20(16)27-21)14-25(18)22(26)23-12-11-15(2)3/h7,9,13,15,18H,4-6,8,10-12,14H2,1-3H3,(H,23,26)/t18-/m0/s1. The molecule has 0 bridgehead atoms. The molecule has 0 spiro atoms. The number of urea groups is 1. The highest BCUT2D eigenvalue weighted by Crippen LogP contribution is 2.42. The van der Waals surface area contributed by atoms with E-state index in [1.807, 2.05) is 11.3 Å². The average molecular weight is 386 g/mol. The van der Waals surface area contributed by atoms with Crippen molar-refractivity contribution >= 4 is 17.4 Å². The molecule has 2 aromatic rings. The molecule has 27 heavy (non-hydrogen) atoms. The summed E-state index contributed by atoms with van der Waals surface area (Å²) in [5, 5.41) is 4.53. The van der Waals surface area contributed by atoms with Crippen molar-refractivity contribution in [3.8, 4) is 5.00 Å². The Morgan fingerprint density at radius 3 is 2.89 bits per heavy atom. The summed E-state index contributed by atoms with van der Waals surface area (Å²) in [6, 6.07) is 4.52. The molecule has 3 heterocycles. The number of hydrogen-bond acceptors (Lipinski definition) is 2. The van der Waals surface area contributed by atoms with E-state index >= 15 is 0 Å². The van der Waals surface area contributed by atoms with E-state index in [0.717, 1.165) is 32.4 Å². The second-order valence-corrected chi connectivity index (χ2v) is 9.35. The van der Waals surface area contributed by atoms with Gasteiger partial charge < -0.3 is 14.8 Å². The fourth-order valence-corrected chi connectivity index (χ4v) is 5.88. The van der Waals surface area contributed by atoms with E-state index in [2.05, 4.69) is 53.9 Å². The Bertz CT molecular complexity index is 820. The average Bonchev–Trinajstić information content (AvgIpc) is 3.23. The van der Waals surface area contributed by atoms with Crippen molar-refractivity contribution in [2.45, 2.75) is 71.9 Å². The molecule has 0 aromatic carbocycles. The molecule has 0 radical (unpaired) electrons. The minimum atomic E-state index is 0.0823. The van der Waals surface area contributed by atoms with E-state index in [-0.39, 0.29) is 12.1 Å². The van der Waals surface area contributed by atoms with Crippen LogP contribution in [0.4, 0.5) is 4.79 Å². The molecule has 5 heteroatoms. The van der Waals surface area contributed by atoms with Gasteiger partial charge in [-0.05, 0) is 62.1 Å². The van der Waals surface area contributed by atoms with Crippen LogP contribution in [0.5, 0.6) is 0 Å². The van der Waals surface area contributed by atoms with Crippen molar-refractivity contribution in [2.24, 2.45) is 5.92 Å². The number of amides is 2. The molecule has 0 unspecified atom stereocenters. The zero-order valence-electron chi connectivity index (χ0n) is 16.8. The van der Waals surface area contributed by atoms with Gasteiger partial charge in [0, 0.05) is 28.9 Å². The van der Waals surface area contributed by atoms with E-state index in [9.17, 15) is 4.79 Å². The second kappa shape index (κ2) is 7.70. The third-order valence-corrected chi connectivity index (χ3v) is 7.28. The summed E-state index contributed by atoms with van der Waals surface area (Å²) in [5.74, 6) is 0.601. The maximum Gasteiger partial charge on any atom is 0.318 e. The number of carbonyl (C=O) groups excluding carboxylic acids is 1. The fraction of sp³-hybridized carbons (Fsp3) is 0.591. The number of hydrogen-bond donors (Lipinski definition) is 1. The monoisotopic (exact) mass is 385 g/mol. The van der Waals surface area contributed by atoms with Crippen molar-refractivity contribution in [3.63, 3.8) is 0 Å². The lowest BCUT2D eigenvalue weighted by Gasteiger charge is -2.30. The number of aryl methyl sites for hydroxylation is 1. The third-order valence-electron chi connectivity index (χ3n) is 5.95. The zero-order valence-corrected chi connectivity index (χ0v) is 17.6. The van der Waals surface area contributed by atoms with E-state index < -0.39 is 0 Å². The summed E-state index contributed by atoms with van der Waals surface area (Å²) in [7, 11) is 0. The quantitative estimate of drug-likeness (QED) is 0.747. The summed E-state index contributed by atoms with van der Waals surface area (Å²) in [6.07, 6.45) is 9.05. The van der Waals surface area contributed by atoms with Gasteiger partial charge in [-0.3, -0.25) is 0 Å². The summed E-state index contributed by atoms with van der Waals surface area (Å²) >= 11 is 1.95. The third kappa shape index (κ3) is 3.42. The molecule has 2 aliphatic rings. The van der Waals surface area contributed by atoms with Gasteiger partial charge in [-0.15, -0.1) is 11.3 Å². The molecule has 1 N–H and O–H groups in total. The van der Waals surface area contributed by atoms with Gasteiger partial charge >= 0.3 is 6.03 Å². The maximum absolute atomic E-state index is 13.1. The first-order chi connectivity index (χ1) is 13.1. The number of fused-ring (bicyclic) bond motifs is 5. The minimum Gasteiger partial charge on any atom is -0.338 e. The fourth-order valence-electron chi connectivity index (χ4n) is 4.48. The van der Waals surface area contributed by atoms with Crippen molar-refractivity contribution in [3.05, 3.63) is 40.0 Å². The highest BCUT2D eigenvalue weighted by atomic mass is 32.1. The number of nitrogens with zero attached hydrogens (tertiary/aromatic N) is 2. The van der Waals surface area contributed by atoms with E-state index in [0.29, 0.717) is 5.92 Å². The second-order valence-electron chi connectivity index (χ2n) is 8.26. The van der Waals surface area contributed by atoms with Crippen molar-refractivity contribution in [2.75, 3.05) is 6.54 Å². The van der Waals surface area contributed by atoms with Gasteiger partial charge in [0.05, 0.1) is 12.6 Å². The first-order valence-corrected chi connectivity index (χ1v) is 11.3. The molecule has 4 nitrogen and oxygen atoms in total. The van der Waals surface area contributed by atoms with Gasteiger partial charge in [-0.25, -0.2) is 4.79 Å². The molecule has 4 rings (SSSR count). The van der Waals surface area contributed by atoms with Gasteiger partial charge in [0.25, 0.3) is 0 Å². The first-order valence-electron chi connectivity index (χ1n) is 10.5. The van der Waals surface area contributed by atoms with Crippen LogP contribution in [-0.4, -0.2) is 22.0 Å². The smallest absolute Gasteiger partial charge is 0.318 e. The molecule has 0 fully saturated rings. The number of rotatable bonds is 4. The van der Waals surface area contributed by atoms with Crippen LogP contribution in [0.15, 0.2) is 18.3 Å². The predicted octanol–water partition coefficient (Wildman–Crippen LogP) is 5.44. The number of carbonyl (C=O) groups is 1. The van der Waals surface area contributed by atoms with Gasteiger partial charge in [-0.1, -0.05) is 20.8 Å². The Morgan fingerprint density at radius 1 is 1.30 bits per heavy atom. The molecule has 2 aromatic heterocycles. The Morgan fingerprint density at radius 2 is 2.11 bits per heavy atom. The molecule has 1 aliphatic heterocycles. The Labute approximate surface area is 166 Å². The topological polar surface area (TPSA) is 37.3 Å². The van der Waals surface area contributed by atoms with Crippen LogP contribution in [0, 0.1) is 5.92 Å². The molecule has 0 saturated heterocycles. The van der Waals surface area contributed by atoms with Crippen molar-refractivity contribution in [1.29, 1.82) is 0 Å². The van der Waals surface area contributed by atoms with Crippen LogP contribution in [-0.2, 0) is 19.4 Å². The Balaban J connectivity index is 1.71. The summed E-state index contributed by atoms with van der Waals surface area (Å²) in [5.41, 5.74) is 4.16. The minimum absolute atomic E-state index is 0.0823. The highest BCUT2D eigenvalue weighted by molar-refractivity contribution is 7.15. The summed E-state index contributed by atoms with van der Waals surface area (Å²) in [4.78, 5) is 16.8. The normalized spacial score (nSPS) is 18.7. The molecular formula is C22H31N3OS. The van der Waals surface area contributed by atoms with E-state index in [4.69, 9.17) is 0 Å². The lowest BCUT2D eigenvalue weighted by Crippen LogP contribution is -2.42. The van der Waals surface area contributed by atoms with Crippen molar-refractivity contribution in [1.82, 2.24) is 14.8 Å². The largest absolute Gasteiger partial charge is 0.338 e. The van der Waals surface area contributed by atoms with Gasteiger partial charge in [0.15, 0.2) is 0 Å². The van der Waals surface area contributed by atoms with Crippen LogP contribution in [0.25, 0.3) is 5.00 Å². The Hall–Kier alpha value is -1.75. The van der Waals surface area contributed by atoms with Crippen LogP contribution in [0.1, 0.15) is 74.2 Å². The van der Waals surface area contributed by atoms with Gasteiger partial charge in [0.1, 0.15) is 5.00 Å². The lowest BCUT2D eigenvalue weighted by atomic mass is 9.95. The molecule has 0 saturated carbocycles. The van der Waals surface area contributed by atoms with E-state index in [1.165, 1.54) is 41.1 Å². The van der Waals surface area contributed by atoms with Crippen LogP contribution < -0.4 is 5.32 Å². The number of aromatic nitrogens is 1. The molecule has 1 atom stereocenters. The van der Waals surface area contributed by atoms with Gasteiger partial charge in [-0.2, -0.15) is 0 Å². The van der Waals surface area contributed by atoms with Crippen molar-refractivity contribution < 1.29 is 4.79 Å². The lowest BCUT2D eigenvalue weighted by molar-refractivity contribution is 0.167. The van der Waals surface area contributed by atoms with Crippen LogP contribution in [0.3, 0.4) is 0 Å². The zero-order chi connectivity index (χ0) is 19.0. The summed E-state index contributed by atoms with van der Waals surface area (Å²) < 4.78 is 2.36. The number of thiophene rings is 1.